The lowest BCUT2D eigenvalue weighted by molar-refractivity contribution is -0.137. The number of hydrogen-bond acceptors (Lipinski definition) is 4. The fourth-order valence-corrected chi connectivity index (χ4v) is 3.42. The molecule has 0 bridgehead atoms. The van der Waals surface area contributed by atoms with Crippen LogP contribution in [0.25, 0.3) is 0 Å². The molecular formula is C19H15F3N2O4S. The summed E-state index contributed by atoms with van der Waals surface area (Å²) in [7, 11) is -3.83. The van der Waals surface area contributed by atoms with Gasteiger partial charge in [0.15, 0.2) is 0 Å². The highest BCUT2D eigenvalue weighted by Gasteiger charge is 2.30. The van der Waals surface area contributed by atoms with Crippen molar-refractivity contribution in [2.45, 2.75) is 17.6 Å². The number of halogens is 3. The first-order chi connectivity index (χ1) is 13.6. The number of hydrogen-bond donors (Lipinski definition) is 2. The van der Waals surface area contributed by atoms with Crippen LogP contribution in [0.5, 0.6) is 0 Å². The molecular weight excluding hydrogens is 409 g/mol. The summed E-state index contributed by atoms with van der Waals surface area (Å²) < 4.78 is 70.2. The number of sulfonamides is 1. The molecule has 0 fully saturated rings. The Bertz CT molecular complexity index is 1090. The molecule has 0 aliphatic rings. The van der Waals surface area contributed by atoms with Crippen LogP contribution in [0.4, 0.5) is 18.9 Å². The van der Waals surface area contributed by atoms with Gasteiger partial charge in [-0.3, -0.25) is 4.79 Å². The van der Waals surface area contributed by atoms with Crippen molar-refractivity contribution in [3.05, 3.63) is 83.8 Å². The molecule has 0 aliphatic heterocycles. The third kappa shape index (κ3) is 5.24. The Kier molecular flexibility index (Phi) is 5.76. The molecule has 1 heterocycles. The molecule has 3 rings (SSSR count). The largest absolute Gasteiger partial charge is 0.468 e. The third-order valence-corrected chi connectivity index (χ3v) is 5.31. The number of anilines is 1. The monoisotopic (exact) mass is 424 g/mol. The van der Waals surface area contributed by atoms with Crippen LogP contribution in [0, 0.1) is 0 Å². The molecule has 0 unspecified atom stereocenters. The summed E-state index contributed by atoms with van der Waals surface area (Å²) >= 11 is 0. The number of amides is 1. The maximum absolute atomic E-state index is 12.8. The lowest BCUT2D eigenvalue weighted by Gasteiger charge is -2.10. The molecule has 0 aliphatic carbocycles. The molecule has 6 nitrogen and oxygen atoms in total. The second-order valence-corrected chi connectivity index (χ2v) is 7.73. The fourth-order valence-electron chi connectivity index (χ4n) is 2.42. The number of rotatable bonds is 6. The molecule has 0 atom stereocenters. The molecule has 0 spiro atoms. The second kappa shape index (κ2) is 8.10. The number of carbonyl (C=O) groups is 1. The zero-order valence-corrected chi connectivity index (χ0v) is 15.5. The maximum atomic E-state index is 12.8. The summed E-state index contributed by atoms with van der Waals surface area (Å²) in [6.45, 7) is -0.0346. The van der Waals surface area contributed by atoms with E-state index < -0.39 is 27.7 Å². The average Bonchev–Trinajstić information content (AvgIpc) is 3.20. The predicted molar refractivity (Wildman–Crippen MR) is 98.6 cm³/mol. The molecule has 2 aromatic carbocycles. The van der Waals surface area contributed by atoms with Gasteiger partial charge in [-0.25, -0.2) is 13.1 Å². The van der Waals surface area contributed by atoms with Crippen LogP contribution in [-0.2, 0) is 22.7 Å². The SMILES string of the molecule is O=C(Nc1cccc(C(F)(F)F)c1)c1ccc(S(=O)(=O)NCc2ccco2)cc1. The van der Waals surface area contributed by atoms with Crippen molar-refractivity contribution < 1.29 is 30.8 Å². The number of nitrogens with one attached hydrogen (secondary N) is 2. The Hall–Kier alpha value is -3.11. The Labute approximate surface area is 164 Å². The van der Waals surface area contributed by atoms with Crippen LogP contribution in [-0.4, -0.2) is 14.3 Å². The maximum Gasteiger partial charge on any atom is 0.416 e. The van der Waals surface area contributed by atoms with Gasteiger partial charge in [0.2, 0.25) is 10.0 Å². The predicted octanol–water partition coefficient (Wildman–Crippen LogP) is 4.03. The van der Waals surface area contributed by atoms with E-state index in [4.69, 9.17) is 4.42 Å². The Morgan fingerprint density at radius 2 is 1.72 bits per heavy atom. The van der Waals surface area contributed by atoms with Crippen LogP contribution in [0.3, 0.4) is 0 Å². The molecule has 152 valence electrons. The van der Waals surface area contributed by atoms with Gasteiger partial charge in [-0.1, -0.05) is 6.07 Å². The highest BCUT2D eigenvalue weighted by molar-refractivity contribution is 7.89. The zero-order chi connectivity index (χ0) is 21.1. The zero-order valence-electron chi connectivity index (χ0n) is 14.7. The van der Waals surface area contributed by atoms with Crippen LogP contribution in [0.15, 0.2) is 76.2 Å². The molecule has 0 saturated carbocycles. The summed E-state index contributed by atoms with van der Waals surface area (Å²) in [4.78, 5) is 12.2. The summed E-state index contributed by atoms with van der Waals surface area (Å²) in [5.74, 6) is -0.234. The van der Waals surface area contributed by atoms with Crippen molar-refractivity contribution in [2.24, 2.45) is 0 Å². The van der Waals surface area contributed by atoms with Crippen molar-refractivity contribution in [1.82, 2.24) is 4.72 Å². The quantitative estimate of drug-likeness (QED) is 0.625. The average molecular weight is 424 g/mol. The molecule has 2 N–H and O–H groups in total. The summed E-state index contributed by atoms with van der Waals surface area (Å²) in [6, 6.07) is 12.4. The number of furan rings is 1. The Morgan fingerprint density at radius 3 is 2.34 bits per heavy atom. The van der Waals surface area contributed by atoms with Gasteiger partial charge in [-0.2, -0.15) is 13.2 Å². The first kappa shape index (κ1) is 20.6. The standard InChI is InChI=1S/C19H15F3N2O4S/c20-19(21,22)14-3-1-4-15(11-14)24-18(25)13-6-8-17(9-7-13)29(26,27)23-12-16-5-2-10-28-16/h1-11,23H,12H2,(H,24,25). The molecule has 3 aromatic rings. The first-order valence-corrected chi connectivity index (χ1v) is 9.74. The minimum absolute atomic E-state index is 0.0263. The molecule has 1 aromatic heterocycles. The molecule has 29 heavy (non-hydrogen) atoms. The van der Waals surface area contributed by atoms with Crippen molar-refractivity contribution in [2.75, 3.05) is 5.32 Å². The Balaban J connectivity index is 1.69. The van der Waals surface area contributed by atoms with Crippen molar-refractivity contribution in [3.63, 3.8) is 0 Å². The highest BCUT2D eigenvalue weighted by atomic mass is 32.2. The van der Waals surface area contributed by atoms with E-state index in [0.717, 1.165) is 12.1 Å². The van der Waals surface area contributed by atoms with E-state index in [0.29, 0.717) is 5.76 Å². The van der Waals surface area contributed by atoms with Gasteiger partial charge >= 0.3 is 6.18 Å². The second-order valence-electron chi connectivity index (χ2n) is 5.96. The van der Waals surface area contributed by atoms with Crippen LogP contribution < -0.4 is 10.0 Å². The molecule has 1 amide bonds. The van der Waals surface area contributed by atoms with Gasteiger partial charge in [0.05, 0.1) is 23.3 Å². The number of benzene rings is 2. The van der Waals surface area contributed by atoms with Crippen molar-refractivity contribution in [1.29, 1.82) is 0 Å². The van der Waals surface area contributed by atoms with E-state index in [-0.39, 0.29) is 22.7 Å². The van der Waals surface area contributed by atoms with Crippen molar-refractivity contribution in [3.8, 4) is 0 Å². The Morgan fingerprint density at radius 1 is 1.00 bits per heavy atom. The first-order valence-electron chi connectivity index (χ1n) is 8.26. The van der Waals surface area contributed by atoms with Crippen LogP contribution in [0.1, 0.15) is 21.7 Å². The summed E-state index contributed by atoms with van der Waals surface area (Å²) in [5.41, 5.74) is -0.826. The third-order valence-electron chi connectivity index (χ3n) is 3.89. The van der Waals surface area contributed by atoms with Crippen molar-refractivity contribution >= 4 is 21.6 Å². The number of alkyl halides is 3. The summed E-state index contributed by atoms with van der Waals surface area (Å²) in [5, 5.41) is 2.36. The smallest absolute Gasteiger partial charge is 0.416 e. The lowest BCUT2D eigenvalue weighted by Crippen LogP contribution is -2.23. The van der Waals surface area contributed by atoms with E-state index in [1.807, 2.05) is 0 Å². The van der Waals surface area contributed by atoms with E-state index in [2.05, 4.69) is 10.0 Å². The highest BCUT2D eigenvalue weighted by Crippen LogP contribution is 2.30. The topological polar surface area (TPSA) is 88.4 Å². The fraction of sp³-hybridized carbons (Fsp3) is 0.105. The van der Waals surface area contributed by atoms with E-state index in [1.165, 1.54) is 42.7 Å². The van der Waals surface area contributed by atoms with Gasteiger partial charge in [-0.15, -0.1) is 0 Å². The van der Waals surface area contributed by atoms with Gasteiger partial charge < -0.3 is 9.73 Å². The van der Waals surface area contributed by atoms with Gasteiger partial charge in [-0.05, 0) is 54.6 Å². The van der Waals surface area contributed by atoms with Crippen LogP contribution >= 0.6 is 0 Å². The van der Waals surface area contributed by atoms with Gasteiger partial charge in [0.25, 0.3) is 5.91 Å². The lowest BCUT2D eigenvalue weighted by atomic mass is 10.1. The van der Waals surface area contributed by atoms with E-state index >= 15 is 0 Å². The van der Waals surface area contributed by atoms with Gasteiger partial charge in [0.1, 0.15) is 5.76 Å². The van der Waals surface area contributed by atoms with Gasteiger partial charge in [0, 0.05) is 11.3 Å². The minimum Gasteiger partial charge on any atom is -0.468 e. The normalized spacial score (nSPS) is 12.0. The molecule has 0 saturated heterocycles. The minimum atomic E-state index is -4.53. The molecule has 10 heteroatoms. The van der Waals surface area contributed by atoms with Crippen LogP contribution in [0.2, 0.25) is 0 Å². The van der Waals surface area contributed by atoms with E-state index in [9.17, 15) is 26.4 Å². The molecule has 0 radical (unpaired) electrons. The van der Waals surface area contributed by atoms with E-state index in [1.54, 1.807) is 12.1 Å². The number of carbonyl (C=O) groups excluding carboxylic acids is 1. The summed E-state index contributed by atoms with van der Waals surface area (Å²) in [6.07, 6.45) is -3.11.